The van der Waals surface area contributed by atoms with Crippen molar-refractivity contribution in [1.82, 2.24) is 24.6 Å². The Bertz CT molecular complexity index is 1030. The van der Waals surface area contributed by atoms with Crippen molar-refractivity contribution in [3.05, 3.63) is 58.0 Å². The maximum Gasteiger partial charge on any atom is 0.274 e. The normalized spacial score (nSPS) is 16.6. The Balaban J connectivity index is 1.63. The molecule has 1 unspecified atom stereocenters. The molecule has 25 heavy (non-hydrogen) atoms. The van der Waals surface area contributed by atoms with E-state index >= 15 is 0 Å². The highest BCUT2D eigenvalue weighted by molar-refractivity contribution is 6.04. The molecule has 1 aliphatic heterocycles. The Labute approximate surface area is 144 Å². The molecule has 0 aliphatic carbocycles. The zero-order chi connectivity index (χ0) is 17.6. The molecule has 0 saturated carbocycles. The second-order valence-corrected chi connectivity index (χ2v) is 6.48. The number of hydrogen-bond acceptors (Lipinski definition) is 4. The van der Waals surface area contributed by atoms with E-state index in [-0.39, 0.29) is 23.2 Å². The summed E-state index contributed by atoms with van der Waals surface area (Å²) in [6.45, 7) is 2.67. The van der Waals surface area contributed by atoms with E-state index in [1.54, 1.807) is 31.3 Å². The first-order valence-corrected chi connectivity index (χ1v) is 8.32. The van der Waals surface area contributed by atoms with Gasteiger partial charge in [-0.15, -0.1) is 0 Å². The van der Waals surface area contributed by atoms with Crippen molar-refractivity contribution < 1.29 is 4.79 Å². The van der Waals surface area contributed by atoms with Crippen LogP contribution in [0, 0.1) is 6.92 Å². The average molecular weight is 337 g/mol. The summed E-state index contributed by atoms with van der Waals surface area (Å²) in [6.07, 6.45) is 3.68. The van der Waals surface area contributed by atoms with E-state index in [0.29, 0.717) is 17.3 Å². The highest BCUT2D eigenvalue weighted by Crippen LogP contribution is 2.17. The lowest BCUT2D eigenvalue weighted by atomic mass is 10.1. The van der Waals surface area contributed by atoms with Crippen molar-refractivity contribution in [3.63, 3.8) is 0 Å². The van der Waals surface area contributed by atoms with E-state index in [4.69, 9.17) is 0 Å². The maximum atomic E-state index is 12.8. The first kappa shape index (κ1) is 15.6. The summed E-state index contributed by atoms with van der Waals surface area (Å²) in [4.78, 5) is 29.5. The van der Waals surface area contributed by atoms with Crippen LogP contribution in [0.15, 0.2) is 35.3 Å². The molecule has 128 valence electrons. The third-order valence-electron chi connectivity index (χ3n) is 4.62. The summed E-state index contributed by atoms with van der Waals surface area (Å²) in [7, 11) is 1.56. The Hall–Kier alpha value is -2.96. The standard InChI is InChI=1S/C18H19N5O2/c1-11-9-23-10-12(7-8-15(23)19-11)20-17(24)16-13-5-3-4-6-14(13)18(25)22(2)21-16/h3-6,9,12H,7-8,10H2,1-2H3,(H,20,24). The molecule has 0 spiro atoms. The van der Waals surface area contributed by atoms with Gasteiger partial charge in [-0.05, 0) is 19.4 Å². The molecule has 0 fully saturated rings. The number of nitrogens with zero attached hydrogens (tertiary/aromatic N) is 4. The Morgan fingerprint density at radius 2 is 2.04 bits per heavy atom. The summed E-state index contributed by atoms with van der Waals surface area (Å²) in [5.74, 6) is 0.811. The number of rotatable bonds is 2. The van der Waals surface area contributed by atoms with Gasteiger partial charge in [0.25, 0.3) is 11.5 Å². The number of amides is 1. The number of benzene rings is 1. The minimum Gasteiger partial charge on any atom is -0.346 e. The predicted molar refractivity (Wildman–Crippen MR) is 93.5 cm³/mol. The molecule has 1 N–H and O–H groups in total. The van der Waals surface area contributed by atoms with E-state index in [1.165, 1.54) is 4.68 Å². The predicted octanol–water partition coefficient (Wildman–Crippen LogP) is 1.18. The first-order valence-electron chi connectivity index (χ1n) is 8.32. The van der Waals surface area contributed by atoms with Crippen molar-refractivity contribution in [2.24, 2.45) is 7.05 Å². The van der Waals surface area contributed by atoms with Crippen LogP contribution in [0.1, 0.15) is 28.4 Å². The van der Waals surface area contributed by atoms with Crippen LogP contribution in [0.4, 0.5) is 0 Å². The first-order chi connectivity index (χ1) is 12.0. The summed E-state index contributed by atoms with van der Waals surface area (Å²) < 4.78 is 3.31. The SMILES string of the molecule is Cc1cn2c(n1)CCC(NC(=O)c1nn(C)c(=O)c3ccccc13)C2. The quantitative estimate of drug-likeness (QED) is 0.761. The van der Waals surface area contributed by atoms with Crippen LogP contribution < -0.4 is 10.9 Å². The molecular formula is C18H19N5O2. The minimum atomic E-state index is -0.253. The second-order valence-electron chi connectivity index (χ2n) is 6.48. The van der Waals surface area contributed by atoms with E-state index in [2.05, 4.69) is 20.0 Å². The van der Waals surface area contributed by atoms with Crippen LogP contribution in [0.25, 0.3) is 10.8 Å². The Morgan fingerprint density at radius 1 is 1.28 bits per heavy atom. The van der Waals surface area contributed by atoms with Crippen LogP contribution in [-0.4, -0.2) is 31.3 Å². The summed E-state index contributed by atoms with van der Waals surface area (Å²) in [5.41, 5.74) is 1.07. The molecule has 4 rings (SSSR count). The number of aryl methyl sites for hydroxylation is 3. The summed E-state index contributed by atoms with van der Waals surface area (Å²) >= 11 is 0. The second kappa shape index (κ2) is 5.84. The van der Waals surface area contributed by atoms with Gasteiger partial charge in [-0.3, -0.25) is 9.59 Å². The molecule has 1 aliphatic rings. The number of fused-ring (bicyclic) bond motifs is 2. The average Bonchev–Trinajstić information content (AvgIpc) is 2.97. The molecule has 2 aromatic heterocycles. The molecule has 3 heterocycles. The molecule has 3 aromatic rings. The molecular weight excluding hydrogens is 318 g/mol. The molecule has 1 aromatic carbocycles. The van der Waals surface area contributed by atoms with Gasteiger partial charge in [-0.25, -0.2) is 9.67 Å². The third kappa shape index (κ3) is 2.71. The van der Waals surface area contributed by atoms with E-state index < -0.39 is 0 Å². The highest BCUT2D eigenvalue weighted by atomic mass is 16.2. The molecule has 0 radical (unpaired) electrons. The third-order valence-corrected chi connectivity index (χ3v) is 4.62. The smallest absolute Gasteiger partial charge is 0.274 e. The topological polar surface area (TPSA) is 81.8 Å². The van der Waals surface area contributed by atoms with E-state index in [1.807, 2.05) is 13.1 Å². The van der Waals surface area contributed by atoms with Gasteiger partial charge in [0.2, 0.25) is 0 Å². The number of hydrogen-bond donors (Lipinski definition) is 1. The van der Waals surface area contributed by atoms with Crippen molar-refractivity contribution in [1.29, 1.82) is 0 Å². The lowest BCUT2D eigenvalue weighted by molar-refractivity contribution is 0.0922. The highest BCUT2D eigenvalue weighted by Gasteiger charge is 2.23. The van der Waals surface area contributed by atoms with Crippen molar-refractivity contribution in [3.8, 4) is 0 Å². The largest absolute Gasteiger partial charge is 0.346 e. The summed E-state index contributed by atoms with van der Waals surface area (Å²) in [5, 5.41) is 8.33. The van der Waals surface area contributed by atoms with Crippen LogP contribution in [0.5, 0.6) is 0 Å². The van der Waals surface area contributed by atoms with Crippen LogP contribution >= 0.6 is 0 Å². The van der Waals surface area contributed by atoms with Gasteiger partial charge < -0.3 is 9.88 Å². The molecule has 7 nitrogen and oxygen atoms in total. The fraction of sp³-hybridized carbons (Fsp3) is 0.333. The number of aromatic nitrogens is 4. The molecule has 1 atom stereocenters. The zero-order valence-corrected chi connectivity index (χ0v) is 14.2. The minimum absolute atomic E-state index is 0.0198. The van der Waals surface area contributed by atoms with Crippen LogP contribution in [-0.2, 0) is 20.0 Å². The molecule has 1 amide bonds. The lowest BCUT2D eigenvalue weighted by Crippen LogP contribution is -2.41. The van der Waals surface area contributed by atoms with Gasteiger partial charge in [-0.2, -0.15) is 5.10 Å². The number of carbonyl (C=O) groups is 1. The van der Waals surface area contributed by atoms with Gasteiger partial charge in [0.05, 0.1) is 11.1 Å². The zero-order valence-electron chi connectivity index (χ0n) is 14.2. The molecule has 0 saturated heterocycles. The fourth-order valence-electron chi connectivity index (χ4n) is 3.43. The van der Waals surface area contributed by atoms with Gasteiger partial charge >= 0.3 is 0 Å². The Morgan fingerprint density at radius 3 is 2.84 bits per heavy atom. The van der Waals surface area contributed by atoms with Crippen LogP contribution in [0.2, 0.25) is 0 Å². The number of carbonyl (C=O) groups excluding carboxylic acids is 1. The van der Waals surface area contributed by atoms with E-state index in [0.717, 1.165) is 24.4 Å². The van der Waals surface area contributed by atoms with Crippen molar-refractivity contribution in [2.45, 2.75) is 32.4 Å². The fourth-order valence-corrected chi connectivity index (χ4v) is 3.43. The van der Waals surface area contributed by atoms with Crippen molar-refractivity contribution in [2.75, 3.05) is 0 Å². The molecule has 7 heteroatoms. The van der Waals surface area contributed by atoms with Gasteiger partial charge in [0.1, 0.15) is 5.82 Å². The van der Waals surface area contributed by atoms with Crippen LogP contribution in [0.3, 0.4) is 0 Å². The Kier molecular flexibility index (Phi) is 3.63. The monoisotopic (exact) mass is 337 g/mol. The van der Waals surface area contributed by atoms with Gasteiger partial charge in [0, 0.05) is 37.6 Å². The summed E-state index contributed by atoms with van der Waals surface area (Å²) in [6, 6.07) is 7.09. The van der Waals surface area contributed by atoms with Gasteiger partial charge in [-0.1, -0.05) is 18.2 Å². The number of nitrogens with one attached hydrogen (secondary N) is 1. The molecule has 0 bridgehead atoms. The lowest BCUT2D eigenvalue weighted by Gasteiger charge is -2.24. The number of imidazole rings is 1. The van der Waals surface area contributed by atoms with Gasteiger partial charge in [0.15, 0.2) is 5.69 Å². The van der Waals surface area contributed by atoms with Crippen molar-refractivity contribution >= 4 is 16.7 Å². The maximum absolute atomic E-state index is 12.8. The van der Waals surface area contributed by atoms with E-state index in [9.17, 15) is 9.59 Å².